The second-order valence-corrected chi connectivity index (χ2v) is 11.2. The highest BCUT2D eigenvalue weighted by molar-refractivity contribution is 5.58. The monoisotopic (exact) mass is 414 g/mol. The maximum atomic E-state index is 6.19. The molecule has 0 saturated heterocycles. The summed E-state index contributed by atoms with van der Waals surface area (Å²) >= 11 is 0. The molecule has 0 aliphatic heterocycles. The van der Waals surface area contributed by atoms with Gasteiger partial charge in [0.05, 0.1) is 14.2 Å². The molecule has 7 rings (SSSR count). The molecule has 0 N–H and O–H groups in total. The van der Waals surface area contributed by atoms with Crippen molar-refractivity contribution in [3.05, 3.63) is 60.0 Å². The molecule has 0 heterocycles. The Kier molecular flexibility index (Phi) is 3.78. The quantitative estimate of drug-likeness (QED) is 0.543. The minimum atomic E-state index is 0.498. The summed E-state index contributed by atoms with van der Waals surface area (Å²) in [6, 6.07) is 8.77. The summed E-state index contributed by atoms with van der Waals surface area (Å²) in [6.45, 7) is 8.50. The van der Waals surface area contributed by atoms with Gasteiger partial charge in [0, 0.05) is 22.3 Å². The van der Waals surface area contributed by atoms with Crippen LogP contribution in [0.15, 0.2) is 49.6 Å². The lowest BCUT2D eigenvalue weighted by molar-refractivity contribution is 0.0152. The smallest absolute Gasteiger partial charge is 0.108 e. The van der Waals surface area contributed by atoms with E-state index in [1.807, 2.05) is 14.2 Å². The van der Waals surface area contributed by atoms with E-state index in [1.165, 1.54) is 41.2 Å². The summed E-state index contributed by atoms with van der Waals surface area (Å²) in [7, 11) is 3.78. The molecule has 0 aromatic heterocycles. The van der Waals surface area contributed by atoms with Crippen molar-refractivity contribution < 1.29 is 9.47 Å². The molecule has 1 aromatic rings. The molecule has 2 heteroatoms. The molecular weight excluding hydrogens is 380 g/mol. The minimum absolute atomic E-state index is 0.498. The summed E-state index contributed by atoms with van der Waals surface area (Å²) in [6.07, 6.45) is 8.67. The molecule has 162 valence electrons. The van der Waals surface area contributed by atoms with Crippen molar-refractivity contribution >= 4 is 11.5 Å². The fraction of sp³-hybridized carbons (Fsp3) is 0.586. The number of benzene rings is 1. The molecule has 6 aliphatic rings. The van der Waals surface area contributed by atoms with E-state index < -0.39 is 0 Å². The summed E-state index contributed by atoms with van der Waals surface area (Å²) in [5.41, 5.74) is 0. The molecule has 5 saturated carbocycles. The third-order valence-electron chi connectivity index (χ3n) is 10.9. The molecule has 1 aromatic carbocycles. The fourth-order valence-corrected chi connectivity index (χ4v) is 10.6. The van der Waals surface area contributed by atoms with Crippen molar-refractivity contribution in [1.82, 2.24) is 0 Å². The summed E-state index contributed by atoms with van der Waals surface area (Å²) in [4.78, 5) is 0. The lowest BCUT2D eigenvalue weighted by Gasteiger charge is -2.49. The van der Waals surface area contributed by atoms with Gasteiger partial charge in [-0.3, -0.25) is 0 Å². The van der Waals surface area contributed by atoms with E-state index >= 15 is 0 Å². The van der Waals surface area contributed by atoms with Crippen LogP contribution in [0.2, 0.25) is 0 Å². The zero-order valence-electron chi connectivity index (χ0n) is 18.7. The van der Waals surface area contributed by atoms with E-state index in [1.54, 1.807) is 0 Å². The first-order valence-corrected chi connectivity index (χ1v) is 12.4. The molecule has 12 unspecified atom stereocenters. The topological polar surface area (TPSA) is 18.5 Å². The zero-order chi connectivity index (χ0) is 21.0. The molecule has 12 atom stereocenters. The van der Waals surface area contributed by atoms with Gasteiger partial charge in [0.2, 0.25) is 0 Å². The van der Waals surface area contributed by atoms with Crippen LogP contribution in [-0.4, -0.2) is 14.2 Å². The number of hydrogen-bond donors (Lipinski definition) is 0. The summed E-state index contributed by atoms with van der Waals surface area (Å²) in [5, 5.41) is 2.54. The average molecular weight is 415 g/mol. The highest BCUT2D eigenvalue weighted by Crippen LogP contribution is 2.77. The van der Waals surface area contributed by atoms with Crippen molar-refractivity contribution in [2.24, 2.45) is 71.0 Å². The van der Waals surface area contributed by atoms with Crippen LogP contribution in [-0.2, 0) is 9.47 Å². The second-order valence-electron chi connectivity index (χ2n) is 11.2. The Morgan fingerprint density at radius 2 is 1.13 bits per heavy atom. The van der Waals surface area contributed by atoms with Gasteiger partial charge in [-0.1, -0.05) is 36.4 Å². The normalized spacial score (nSPS) is 50.0. The molecule has 0 radical (unpaired) electrons. The van der Waals surface area contributed by atoms with E-state index in [9.17, 15) is 0 Å². The molecule has 5 fully saturated rings. The Hall–Kier alpha value is -1.96. The Morgan fingerprint density at radius 3 is 1.55 bits per heavy atom. The van der Waals surface area contributed by atoms with Crippen LogP contribution in [0.5, 0.6) is 0 Å². The van der Waals surface area contributed by atoms with Crippen molar-refractivity contribution in [1.29, 1.82) is 0 Å². The molecule has 4 bridgehead atoms. The predicted molar refractivity (Wildman–Crippen MR) is 123 cm³/mol. The molecule has 0 spiro atoms. The Labute approximate surface area is 185 Å². The minimum Gasteiger partial charge on any atom is -0.500 e. The number of allylic oxidation sites excluding steroid dienone is 2. The summed E-state index contributed by atoms with van der Waals surface area (Å²) < 4.78 is 12.4. The molecule has 6 aliphatic carbocycles. The van der Waals surface area contributed by atoms with Crippen LogP contribution in [0.4, 0.5) is 0 Å². The number of methoxy groups -OCH3 is 2. The van der Waals surface area contributed by atoms with Crippen molar-refractivity contribution in [2.75, 3.05) is 14.2 Å². The van der Waals surface area contributed by atoms with Crippen LogP contribution < -0.4 is 10.4 Å². The van der Waals surface area contributed by atoms with Crippen molar-refractivity contribution in [3.63, 3.8) is 0 Å². The third-order valence-corrected chi connectivity index (χ3v) is 10.9. The molecule has 31 heavy (non-hydrogen) atoms. The maximum Gasteiger partial charge on any atom is 0.108 e. The van der Waals surface area contributed by atoms with E-state index in [0.29, 0.717) is 23.7 Å². The van der Waals surface area contributed by atoms with Crippen LogP contribution >= 0.6 is 0 Å². The Balaban J connectivity index is 1.37. The van der Waals surface area contributed by atoms with Crippen molar-refractivity contribution in [3.8, 4) is 0 Å². The average Bonchev–Trinajstić information content (AvgIpc) is 3.59. The predicted octanol–water partition coefficient (Wildman–Crippen LogP) is 4.21. The van der Waals surface area contributed by atoms with Crippen LogP contribution in [0, 0.1) is 71.0 Å². The van der Waals surface area contributed by atoms with Crippen molar-refractivity contribution in [2.45, 2.75) is 19.3 Å². The maximum absolute atomic E-state index is 6.19. The highest BCUT2D eigenvalue weighted by atomic mass is 16.5. The molecule has 0 amide bonds. The first-order valence-electron chi connectivity index (χ1n) is 12.4. The van der Waals surface area contributed by atoms with Gasteiger partial charge in [0.25, 0.3) is 0 Å². The second kappa shape index (κ2) is 6.30. The summed E-state index contributed by atoms with van der Waals surface area (Å²) in [5.74, 6) is 11.5. The van der Waals surface area contributed by atoms with E-state index in [0.717, 1.165) is 47.3 Å². The number of fused-ring (bicyclic) bond motifs is 16. The molecule has 2 nitrogen and oxygen atoms in total. The van der Waals surface area contributed by atoms with Gasteiger partial charge < -0.3 is 9.47 Å². The first-order chi connectivity index (χ1) is 15.2. The van der Waals surface area contributed by atoms with Crippen LogP contribution in [0.1, 0.15) is 19.3 Å². The van der Waals surface area contributed by atoms with Gasteiger partial charge in [-0.15, -0.1) is 13.2 Å². The van der Waals surface area contributed by atoms with E-state index in [-0.39, 0.29) is 0 Å². The largest absolute Gasteiger partial charge is 0.500 e. The third kappa shape index (κ3) is 2.02. The van der Waals surface area contributed by atoms with E-state index in [4.69, 9.17) is 9.47 Å². The number of hydrogen-bond acceptors (Lipinski definition) is 2. The van der Waals surface area contributed by atoms with Gasteiger partial charge >= 0.3 is 0 Å². The Bertz CT molecular complexity index is 1000. The SMILES string of the molecule is C=CC1CC(C=C)C2C3CC(C12)C1C2CC(C4C(OC)=c5ccccc5=C(OC)C24)C31. The highest BCUT2D eigenvalue weighted by Gasteiger charge is 2.73. The molecular formula is C29H34O2. The zero-order valence-corrected chi connectivity index (χ0v) is 18.7. The van der Waals surface area contributed by atoms with Gasteiger partial charge in [-0.2, -0.15) is 0 Å². The van der Waals surface area contributed by atoms with Gasteiger partial charge in [0.1, 0.15) is 11.5 Å². The number of rotatable bonds is 4. The van der Waals surface area contributed by atoms with Gasteiger partial charge in [0.15, 0.2) is 0 Å². The number of ether oxygens (including phenoxy) is 2. The standard InChI is InChI=1S/C29H34O2/c1-5-14-11-15(6-2)23-19-12-18(22(14)23)24-20-13-21(25(19)24)27-26(20)28(30-3)16-9-7-8-10-17(16)29(27)31-4/h5-10,14-15,18-27H,1-2,11-13H2,3-4H3. The van der Waals surface area contributed by atoms with Gasteiger partial charge in [-0.25, -0.2) is 0 Å². The van der Waals surface area contributed by atoms with Crippen LogP contribution in [0.3, 0.4) is 0 Å². The van der Waals surface area contributed by atoms with E-state index in [2.05, 4.69) is 49.6 Å². The lowest BCUT2D eigenvalue weighted by atomic mass is 9.56. The first kappa shape index (κ1) is 18.6. The van der Waals surface area contributed by atoms with Crippen LogP contribution in [0.25, 0.3) is 11.5 Å². The lowest BCUT2D eigenvalue weighted by Crippen LogP contribution is -2.49. The Morgan fingerprint density at radius 1 is 0.677 bits per heavy atom. The van der Waals surface area contributed by atoms with Gasteiger partial charge in [-0.05, 0) is 78.4 Å². The fourth-order valence-electron chi connectivity index (χ4n) is 10.6.